The number of hydrogen-bond acceptors (Lipinski definition) is 3. The number of benzene rings is 1. The average molecular weight is 281 g/mol. The SMILES string of the molecule is CNCC(Cc1nccs1)Cc1ccccc1Cl. The zero-order valence-corrected chi connectivity index (χ0v) is 12.0. The molecule has 96 valence electrons. The van der Waals surface area contributed by atoms with Crippen LogP contribution in [0.4, 0.5) is 0 Å². The molecule has 0 aliphatic rings. The lowest BCUT2D eigenvalue weighted by atomic mass is 9.96. The Labute approximate surface area is 117 Å². The number of nitrogens with one attached hydrogen (secondary N) is 1. The molecular formula is C14H17ClN2S. The minimum Gasteiger partial charge on any atom is -0.319 e. The van der Waals surface area contributed by atoms with Crippen molar-refractivity contribution in [2.75, 3.05) is 13.6 Å². The number of aromatic nitrogens is 1. The standard InChI is InChI=1S/C14H17ClN2S/c1-16-10-11(9-14-17-6-7-18-14)8-12-4-2-3-5-13(12)15/h2-7,11,16H,8-10H2,1H3. The van der Waals surface area contributed by atoms with Gasteiger partial charge in [0.25, 0.3) is 0 Å². The molecule has 4 heteroatoms. The monoisotopic (exact) mass is 280 g/mol. The van der Waals surface area contributed by atoms with Crippen LogP contribution < -0.4 is 5.32 Å². The van der Waals surface area contributed by atoms with Crippen LogP contribution in [0.2, 0.25) is 5.02 Å². The van der Waals surface area contributed by atoms with Crippen LogP contribution in [-0.2, 0) is 12.8 Å². The highest BCUT2D eigenvalue weighted by molar-refractivity contribution is 7.09. The first kappa shape index (κ1) is 13.5. The molecule has 1 atom stereocenters. The first-order chi connectivity index (χ1) is 8.79. The lowest BCUT2D eigenvalue weighted by Gasteiger charge is -2.16. The van der Waals surface area contributed by atoms with Crippen molar-refractivity contribution < 1.29 is 0 Å². The third-order valence-corrected chi connectivity index (χ3v) is 4.08. The van der Waals surface area contributed by atoms with Crippen LogP contribution in [0.5, 0.6) is 0 Å². The van der Waals surface area contributed by atoms with Crippen LogP contribution in [0, 0.1) is 5.92 Å². The molecule has 2 aromatic rings. The van der Waals surface area contributed by atoms with E-state index in [0.717, 1.165) is 24.4 Å². The molecule has 0 saturated heterocycles. The van der Waals surface area contributed by atoms with Crippen LogP contribution in [-0.4, -0.2) is 18.6 Å². The molecule has 0 bridgehead atoms. The van der Waals surface area contributed by atoms with Gasteiger partial charge in [-0.25, -0.2) is 4.98 Å². The molecule has 0 saturated carbocycles. The Kier molecular flexibility index (Phi) is 5.17. The molecule has 1 heterocycles. The van der Waals surface area contributed by atoms with Crippen LogP contribution in [0.25, 0.3) is 0 Å². The predicted molar refractivity (Wildman–Crippen MR) is 78.4 cm³/mol. The maximum Gasteiger partial charge on any atom is 0.0928 e. The molecule has 2 nitrogen and oxygen atoms in total. The van der Waals surface area contributed by atoms with Gasteiger partial charge in [-0.1, -0.05) is 29.8 Å². The summed E-state index contributed by atoms with van der Waals surface area (Å²) >= 11 is 7.94. The fraction of sp³-hybridized carbons (Fsp3) is 0.357. The number of rotatable bonds is 6. The van der Waals surface area contributed by atoms with Gasteiger partial charge in [0.2, 0.25) is 0 Å². The smallest absolute Gasteiger partial charge is 0.0928 e. The summed E-state index contributed by atoms with van der Waals surface area (Å²) in [7, 11) is 1.99. The van der Waals surface area contributed by atoms with E-state index in [1.165, 1.54) is 10.6 Å². The molecule has 2 rings (SSSR count). The Balaban J connectivity index is 2.04. The third kappa shape index (κ3) is 3.80. The highest BCUT2D eigenvalue weighted by Crippen LogP contribution is 2.21. The summed E-state index contributed by atoms with van der Waals surface area (Å²) in [6.07, 6.45) is 3.86. The van der Waals surface area contributed by atoms with Crippen LogP contribution in [0.15, 0.2) is 35.8 Å². The number of hydrogen-bond donors (Lipinski definition) is 1. The van der Waals surface area contributed by atoms with Gasteiger partial charge in [0.05, 0.1) is 5.01 Å². The summed E-state index contributed by atoms with van der Waals surface area (Å²) in [5.41, 5.74) is 1.22. The van der Waals surface area contributed by atoms with E-state index in [-0.39, 0.29) is 0 Å². The highest BCUT2D eigenvalue weighted by atomic mass is 35.5. The Morgan fingerprint density at radius 3 is 2.83 bits per heavy atom. The highest BCUT2D eigenvalue weighted by Gasteiger charge is 2.13. The minimum absolute atomic E-state index is 0.529. The molecule has 0 aliphatic heterocycles. The van der Waals surface area contributed by atoms with E-state index in [9.17, 15) is 0 Å². The molecule has 0 spiro atoms. The Morgan fingerprint density at radius 1 is 1.33 bits per heavy atom. The molecule has 1 aromatic heterocycles. The van der Waals surface area contributed by atoms with E-state index < -0.39 is 0 Å². The second kappa shape index (κ2) is 6.88. The molecular weight excluding hydrogens is 264 g/mol. The maximum atomic E-state index is 6.22. The van der Waals surface area contributed by atoms with Crippen molar-refractivity contribution in [2.24, 2.45) is 5.92 Å². The Bertz CT molecular complexity index is 470. The molecule has 0 amide bonds. The minimum atomic E-state index is 0.529. The van der Waals surface area contributed by atoms with Crippen molar-refractivity contribution in [1.29, 1.82) is 0 Å². The summed E-state index contributed by atoms with van der Waals surface area (Å²) < 4.78 is 0. The quantitative estimate of drug-likeness (QED) is 0.877. The zero-order valence-electron chi connectivity index (χ0n) is 10.4. The molecule has 0 radical (unpaired) electrons. The number of thiazole rings is 1. The van der Waals surface area contributed by atoms with Gasteiger partial charge in [0.1, 0.15) is 0 Å². The molecule has 1 aromatic carbocycles. The van der Waals surface area contributed by atoms with Crippen LogP contribution in [0.3, 0.4) is 0 Å². The van der Waals surface area contributed by atoms with E-state index >= 15 is 0 Å². The Morgan fingerprint density at radius 2 is 2.17 bits per heavy atom. The van der Waals surface area contributed by atoms with Crippen molar-refractivity contribution in [1.82, 2.24) is 10.3 Å². The van der Waals surface area contributed by atoms with Gasteiger partial charge in [-0.3, -0.25) is 0 Å². The summed E-state index contributed by atoms with van der Waals surface area (Å²) in [6.45, 7) is 0.977. The average Bonchev–Trinajstić information content (AvgIpc) is 2.85. The van der Waals surface area contributed by atoms with Crippen molar-refractivity contribution in [3.8, 4) is 0 Å². The summed E-state index contributed by atoms with van der Waals surface area (Å²) in [4.78, 5) is 4.36. The zero-order chi connectivity index (χ0) is 12.8. The predicted octanol–water partition coefficient (Wildman–Crippen LogP) is 3.42. The lowest BCUT2D eigenvalue weighted by molar-refractivity contribution is 0.492. The van der Waals surface area contributed by atoms with Gasteiger partial charge < -0.3 is 5.32 Å². The van der Waals surface area contributed by atoms with Gasteiger partial charge in [-0.15, -0.1) is 11.3 Å². The Hall–Kier alpha value is -0.900. The van der Waals surface area contributed by atoms with Gasteiger partial charge in [-0.05, 0) is 37.6 Å². The molecule has 1 N–H and O–H groups in total. The third-order valence-electron chi connectivity index (χ3n) is 2.91. The van der Waals surface area contributed by atoms with E-state index in [4.69, 9.17) is 11.6 Å². The normalized spacial score (nSPS) is 12.6. The number of nitrogens with zero attached hydrogens (tertiary/aromatic N) is 1. The van der Waals surface area contributed by atoms with Crippen LogP contribution in [0.1, 0.15) is 10.6 Å². The van der Waals surface area contributed by atoms with Gasteiger partial charge in [0.15, 0.2) is 0 Å². The lowest BCUT2D eigenvalue weighted by Crippen LogP contribution is -2.22. The first-order valence-electron chi connectivity index (χ1n) is 6.06. The summed E-state index contributed by atoms with van der Waals surface area (Å²) in [5.74, 6) is 0.529. The molecule has 0 fully saturated rings. The van der Waals surface area contributed by atoms with E-state index in [1.807, 2.05) is 36.8 Å². The summed E-state index contributed by atoms with van der Waals surface area (Å²) in [6, 6.07) is 8.07. The van der Waals surface area contributed by atoms with E-state index in [0.29, 0.717) is 5.92 Å². The van der Waals surface area contributed by atoms with Gasteiger partial charge >= 0.3 is 0 Å². The molecule has 0 aliphatic carbocycles. The fourth-order valence-corrected chi connectivity index (χ4v) is 3.03. The van der Waals surface area contributed by atoms with Crippen molar-refractivity contribution >= 4 is 22.9 Å². The summed E-state index contributed by atoms with van der Waals surface area (Å²) in [5, 5.41) is 7.34. The van der Waals surface area contributed by atoms with Crippen molar-refractivity contribution in [3.63, 3.8) is 0 Å². The second-order valence-corrected chi connectivity index (χ2v) is 5.74. The largest absolute Gasteiger partial charge is 0.319 e. The van der Waals surface area contributed by atoms with E-state index in [1.54, 1.807) is 11.3 Å². The molecule has 1 unspecified atom stereocenters. The van der Waals surface area contributed by atoms with E-state index in [2.05, 4.69) is 16.4 Å². The fourth-order valence-electron chi connectivity index (χ4n) is 2.08. The van der Waals surface area contributed by atoms with Gasteiger partial charge in [-0.2, -0.15) is 0 Å². The second-order valence-electron chi connectivity index (χ2n) is 4.35. The van der Waals surface area contributed by atoms with Crippen LogP contribution >= 0.6 is 22.9 Å². The maximum absolute atomic E-state index is 6.22. The van der Waals surface area contributed by atoms with Gasteiger partial charge in [0, 0.05) is 23.0 Å². The molecule has 18 heavy (non-hydrogen) atoms. The topological polar surface area (TPSA) is 24.9 Å². The van der Waals surface area contributed by atoms with Crippen molar-refractivity contribution in [3.05, 3.63) is 51.4 Å². The van der Waals surface area contributed by atoms with Crippen molar-refractivity contribution in [2.45, 2.75) is 12.8 Å². The number of halogens is 1. The first-order valence-corrected chi connectivity index (χ1v) is 7.31.